The summed E-state index contributed by atoms with van der Waals surface area (Å²) in [5.74, 6) is -0.435. The molecule has 0 aliphatic rings. The van der Waals surface area contributed by atoms with Crippen LogP contribution in [0.3, 0.4) is 0 Å². The van der Waals surface area contributed by atoms with Crippen molar-refractivity contribution in [2.24, 2.45) is 7.05 Å². The Morgan fingerprint density at radius 2 is 1.87 bits per heavy atom. The standard InChI is InChI=1S/C16H15N3O3S/c1-19-13-7-6-11(9-14(13)22-16(19)21)18-15(20)17-10-4-3-5-12(8-10)23-2/h3-9H,1-2H3,(H2,17,18,20). The van der Waals surface area contributed by atoms with Gasteiger partial charge in [-0.3, -0.25) is 4.57 Å². The van der Waals surface area contributed by atoms with Crippen LogP contribution in [0.25, 0.3) is 11.1 Å². The highest BCUT2D eigenvalue weighted by atomic mass is 32.2. The van der Waals surface area contributed by atoms with E-state index in [1.54, 1.807) is 37.0 Å². The monoisotopic (exact) mass is 329 g/mol. The van der Waals surface area contributed by atoms with Crippen LogP contribution in [-0.4, -0.2) is 16.9 Å². The highest BCUT2D eigenvalue weighted by Gasteiger charge is 2.08. The Labute approximate surface area is 136 Å². The second kappa shape index (κ2) is 6.21. The number of aryl methyl sites for hydroxylation is 1. The van der Waals surface area contributed by atoms with E-state index in [4.69, 9.17) is 4.42 Å². The first-order valence-corrected chi connectivity index (χ1v) is 8.11. The quantitative estimate of drug-likeness (QED) is 0.721. The lowest BCUT2D eigenvalue weighted by Crippen LogP contribution is -2.19. The Kier molecular flexibility index (Phi) is 4.12. The summed E-state index contributed by atoms with van der Waals surface area (Å²) < 4.78 is 6.51. The molecule has 3 rings (SSSR count). The van der Waals surface area contributed by atoms with Crippen molar-refractivity contribution in [3.8, 4) is 0 Å². The fraction of sp³-hybridized carbons (Fsp3) is 0.125. The van der Waals surface area contributed by atoms with E-state index >= 15 is 0 Å². The van der Waals surface area contributed by atoms with Crippen molar-refractivity contribution in [2.45, 2.75) is 4.90 Å². The molecule has 118 valence electrons. The van der Waals surface area contributed by atoms with Crippen molar-refractivity contribution in [3.63, 3.8) is 0 Å². The van der Waals surface area contributed by atoms with E-state index < -0.39 is 5.76 Å². The number of thioether (sulfide) groups is 1. The largest absolute Gasteiger partial charge is 0.419 e. The second-order valence-corrected chi connectivity index (χ2v) is 5.80. The molecule has 0 bridgehead atoms. The number of rotatable bonds is 3. The minimum atomic E-state index is -0.435. The number of hydrogen-bond acceptors (Lipinski definition) is 4. The lowest BCUT2D eigenvalue weighted by atomic mass is 10.3. The van der Waals surface area contributed by atoms with Gasteiger partial charge in [-0.05, 0) is 36.6 Å². The number of amides is 2. The van der Waals surface area contributed by atoms with Crippen LogP contribution in [-0.2, 0) is 7.05 Å². The maximum atomic E-state index is 12.1. The van der Waals surface area contributed by atoms with E-state index in [0.29, 0.717) is 22.5 Å². The van der Waals surface area contributed by atoms with Gasteiger partial charge in [0.25, 0.3) is 0 Å². The van der Waals surface area contributed by atoms with Crippen molar-refractivity contribution in [3.05, 3.63) is 53.0 Å². The first-order valence-electron chi connectivity index (χ1n) is 6.88. The number of benzene rings is 2. The summed E-state index contributed by atoms with van der Waals surface area (Å²) in [6, 6.07) is 12.3. The maximum absolute atomic E-state index is 12.1. The maximum Gasteiger partial charge on any atom is 0.419 e. The Hall–Kier alpha value is -2.67. The lowest BCUT2D eigenvalue weighted by molar-refractivity contribution is 0.262. The van der Waals surface area contributed by atoms with E-state index in [1.807, 2.05) is 30.5 Å². The average molecular weight is 329 g/mol. The number of aromatic nitrogens is 1. The van der Waals surface area contributed by atoms with Gasteiger partial charge in [0.15, 0.2) is 5.58 Å². The number of anilines is 2. The average Bonchev–Trinajstić information content (AvgIpc) is 2.81. The minimum Gasteiger partial charge on any atom is -0.408 e. The first kappa shape index (κ1) is 15.2. The van der Waals surface area contributed by atoms with Gasteiger partial charge in [-0.1, -0.05) is 6.07 Å². The van der Waals surface area contributed by atoms with Crippen molar-refractivity contribution < 1.29 is 9.21 Å². The lowest BCUT2D eigenvalue weighted by Gasteiger charge is -2.08. The number of oxazole rings is 1. The molecule has 2 amide bonds. The molecule has 0 saturated heterocycles. The van der Waals surface area contributed by atoms with Gasteiger partial charge in [0.2, 0.25) is 0 Å². The van der Waals surface area contributed by atoms with Gasteiger partial charge in [0.1, 0.15) is 0 Å². The molecule has 0 fully saturated rings. The normalized spacial score (nSPS) is 10.7. The number of carbonyl (C=O) groups excluding carboxylic acids is 1. The third-order valence-electron chi connectivity index (χ3n) is 3.38. The van der Waals surface area contributed by atoms with Gasteiger partial charge in [0, 0.05) is 29.4 Å². The molecule has 1 heterocycles. The van der Waals surface area contributed by atoms with Crippen LogP contribution >= 0.6 is 11.8 Å². The molecule has 0 aliphatic heterocycles. The van der Waals surface area contributed by atoms with E-state index in [1.165, 1.54) is 4.57 Å². The fourth-order valence-electron chi connectivity index (χ4n) is 2.21. The highest BCUT2D eigenvalue weighted by Crippen LogP contribution is 2.20. The van der Waals surface area contributed by atoms with Crippen molar-refractivity contribution >= 4 is 40.3 Å². The zero-order chi connectivity index (χ0) is 16.4. The molecular weight excluding hydrogens is 314 g/mol. The predicted octanol–water partition coefficient (Wildman–Crippen LogP) is 3.50. The number of urea groups is 1. The summed E-state index contributed by atoms with van der Waals surface area (Å²) in [4.78, 5) is 24.6. The molecule has 2 aromatic carbocycles. The molecule has 0 radical (unpaired) electrons. The minimum absolute atomic E-state index is 0.360. The number of carbonyl (C=O) groups is 1. The number of fused-ring (bicyclic) bond motifs is 1. The SMILES string of the molecule is CSc1cccc(NC(=O)Nc2ccc3c(c2)oc(=O)n3C)c1. The summed E-state index contributed by atoms with van der Waals surface area (Å²) >= 11 is 1.60. The van der Waals surface area contributed by atoms with Crippen molar-refractivity contribution in [2.75, 3.05) is 16.9 Å². The van der Waals surface area contributed by atoms with Gasteiger partial charge >= 0.3 is 11.8 Å². The topological polar surface area (TPSA) is 76.3 Å². The van der Waals surface area contributed by atoms with Gasteiger partial charge in [-0.25, -0.2) is 9.59 Å². The molecule has 0 spiro atoms. The molecule has 0 unspecified atom stereocenters. The van der Waals surface area contributed by atoms with E-state index in [-0.39, 0.29) is 6.03 Å². The smallest absolute Gasteiger partial charge is 0.408 e. The zero-order valence-corrected chi connectivity index (χ0v) is 13.4. The molecule has 7 heteroatoms. The summed E-state index contributed by atoms with van der Waals surface area (Å²) in [6.07, 6.45) is 1.97. The first-order chi connectivity index (χ1) is 11.1. The molecule has 23 heavy (non-hydrogen) atoms. The molecule has 2 N–H and O–H groups in total. The van der Waals surface area contributed by atoms with Gasteiger partial charge < -0.3 is 15.1 Å². The number of hydrogen-bond donors (Lipinski definition) is 2. The highest BCUT2D eigenvalue weighted by molar-refractivity contribution is 7.98. The van der Waals surface area contributed by atoms with E-state index in [9.17, 15) is 9.59 Å². The summed E-state index contributed by atoms with van der Waals surface area (Å²) in [7, 11) is 1.63. The molecule has 0 saturated carbocycles. The van der Waals surface area contributed by atoms with Gasteiger partial charge in [-0.2, -0.15) is 0 Å². The van der Waals surface area contributed by atoms with Crippen LogP contribution < -0.4 is 16.4 Å². The number of nitrogens with one attached hydrogen (secondary N) is 2. The zero-order valence-electron chi connectivity index (χ0n) is 12.6. The molecule has 0 aliphatic carbocycles. The Morgan fingerprint density at radius 3 is 2.61 bits per heavy atom. The number of nitrogens with zero attached hydrogens (tertiary/aromatic N) is 1. The van der Waals surface area contributed by atoms with E-state index in [2.05, 4.69) is 10.6 Å². The predicted molar refractivity (Wildman–Crippen MR) is 92.3 cm³/mol. The van der Waals surface area contributed by atoms with Gasteiger partial charge in [0.05, 0.1) is 5.52 Å². The van der Waals surface area contributed by atoms with Crippen LogP contribution in [0.5, 0.6) is 0 Å². The molecule has 1 aromatic heterocycles. The van der Waals surface area contributed by atoms with Gasteiger partial charge in [-0.15, -0.1) is 11.8 Å². The van der Waals surface area contributed by atoms with Crippen LogP contribution in [0, 0.1) is 0 Å². The van der Waals surface area contributed by atoms with Crippen molar-refractivity contribution in [1.82, 2.24) is 4.57 Å². The Bertz CT molecular complexity index is 930. The van der Waals surface area contributed by atoms with Crippen LogP contribution in [0.4, 0.5) is 16.2 Å². The summed E-state index contributed by atoms with van der Waals surface area (Å²) in [6.45, 7) is 0. The third kappa shape index (κ3) is 3.24. The Morgan fingerprint density at radius 1 is 1.13 bits per heavy atom. The second-order valence-electron chi connectivity index (χ2n) is 4.92. The Balaban J connectivity index is 1.75. The van der Waals surface area contributed by atoms with Crippen molar-refractivity contribution in [1.29, 1.82) is 0 Å². The fourth-order valence-corrected chi connectivity index (χ4v) is 2.67. The molecule has 3 aromatic rings. The van der Waals surface area contributed by atoms with E-state index in [0.717, 1.165) is 4.90 Å². The van der Waals surface area contributed by atoms with Crippen LogP contribution in [0.1, 0.15) is 0 Å². The van der Waals surface area contributed by atoms with Crippen LogP contribution in [0.15, 0.2) is 56.6 Å². The summed E-state index contributed by atoms with van der Waals surface area (Å²) in [5.41, 5.74) is 2.36. The molecular formula is C16H15N3O3S. The third-order valence-corrected chi connectivity index (χ3v) is 4.10. The molecule has 0 atom stereocenters. The molecule has 6 nitrogen and oxygen atoms in total. The van der Waals surface area contributed by atoms with Crippen LogP contribution in [0.2, 0.25) is 0 Å². The summed E-state index contributed by atoms with van der Waals surface area (Å²) in [5, 5.41) is 5.49.